The van der Waals surface area contributed by atoms with Crippen LogP contribution in [0.2, 0.25) is 0 Å². The van der Waals surface area contributed by atoms with Crippen molar-refractivity contribution in [2.45, 2.75) is 51.9 Å². The van der Waals surface area contributed by atoms with E-state index in [-0.39, 0.29) is 17.1 Å². The summed E-state index contributed by atoms with van der Waals surface area (Å²) in [6, 6.07) is 7.10. The molecule has 0 saturated heterocycles. The molecule has 0 aliphatic carbocycles. The Kier molecular flexibility index (Phi) is 6.96. The lowest BCUT2D eigenvalue weighted by atomic mass is 10.0. The van der Waals surface area contributed by atoms with E-state index in [4.69, 9.17) is 5.26 Å². The fraction of sp³-hybridized carbons (Fsp3) is 0.444. The average molecular weight is 341 g/mol. The van der Waals surface area contributed by atoms with Crippen LogP contribution in [-0.4, -0.2) is 20.3 Å². The smallest absolute Gasteiger partial charge is 0.230 e. The van der Waals surface area contributed by atoms with Crippen molar-refractivity contribution in [2.24, 2.45) is 10.2 Å². The highest BCUT2D eigenvalue weighted by Gasteiger charge is 2.10. The number of nitriles is 1. The van der Waals surface area contributed by atoms with Crippen LogP contribution in [-0.2, 0) is 6.42 Å². The van der Waals surface area contributed by atoms with Crippen molar-refractivity contribution in [3.8, 4) is 11.8 Å². The maximum atomic E-state index is 9.92. The SMILES string of the molecule is CCCCCCCCc1ccc(O)c(N=Nc2c(C#N)cnn2O)c1. The molecule has 25 heavy (non-hydrogen) atoms. The zero-order valence-corrected chi connectivity index (χ0v) is 14.4. The summed E-state index contributed by atoms with van der Waals surface area (Å²) in [5.74, 6) is -0.0683. The molecule has 0 bridgehead atoms. The third kappa shape index (κ3) is 5.31. The molecule has 2 aromatic rings. The summed E-state index contributed by atoms with van der Waals surface area (Å²) in [6.45, 7) is 2.20. The molecule has 1 aromatic heterocycles. The fourth-order valence-corrected chi connectivity index (χ4v) is 2.52. The van der Waals surface area contributed by atoms with Crippen LogP contribution in [0.4, 0.5) is 11.5 Å². The van der Waals surface area contributed by atoms with Crippen LogP contribution in [0.5, 0.6) is 5.75 Å². The molecular formula is C18H23N5O2. The molecule has 0 saturated carbocycles. The maximum absolute atomic E-state index is 9.92. The monoisotopic (exact) mass is 341 g/mol. The minimum atomic E-state index is -0.0665. The Bertz CT molecular complexity index is 761. The number of aromatic hydroxyl groups is 1. The van der Waals surface area contributed by atoms with Crippen molar-refractivity contribution in [1.82, 2.24) is 9.94 Å². The number of phenols is 1. The molecule has 7 heteroatoms. The third-order valence-corrected chi connectivity index (χ3v) is 3.96. The van der Waals surface area contributed by atoms with Crippen molar-refractivity contribution in [2.75, 3.05) is 0 Å². The third-order valence-electron chi connectivity index (χ3n) is 3.96. The van der Waals surface area contributed by atoms with Crippen molar-refractivity contribution >= 4 is 11.5 Å². The Morgan fingerprint density at radius 2 is 1.92 bits per heavy atom. The van der Waals surface area contributed by atoms with Gasteiger partial charge in [0, 0.05) is 0 Å². The van der Waals surface area contributed by atoms with Gasteiger partial charge >= 0.3 is 0 Å². The van der Waals surface area contributed by atoms with E-state index in [1.807, 2.05) is 12.1 Å². The molecule has 1 heterocycles. The molecule has 0 amide bonds. The quantitative estimate of drug-likeness (QED) is 0.379. The van der Waals surface area contributed by atoms with Gasteiger partial charge in [-0.25, -0.2) is 0 Å². The predicted octanol–water partition coefficient (Wildman–Crippen LogP) is 5.02. The first kappa shape index (κ1) is 18.5. The molecule has 0 fully saturated rings. The molecule has 2 rings (SSSR count). The van der Waals surface area contributed by atoms with Gasteiger partial charge < -0.3 is 10.3 Å². The summed E-state index contributed by atoms with van der Waals surface area (Å²) < 4.78 is 0. The number of phenolic OH excluding ortho intramolecular Hbond substituents is 1. The summed E-state index contributed by atoms with van der Waals surface area (Å²) in [5, 5.41) is 39.7. The van der Waals surface area contributed by atoms with Crippen LogP contribution in [0.25, 0.3) is 0 Å². The highest BCUT2D eigenvalue weighted by Crippen LogP contribution is 2.30. The van der Waals surface area contributed by atoms with E-state index in [2.05, 4.69) is 22.3 Å². The average Bonchev–Trinajstić information content (AvgIpc) is 2.98. The molecule has 132 valence electrons. The van der Waals surface area contributed by atoms with E-state index >= 15 is 0 Å². The molecule has 0 aliphatic rings. The van der Waals surface area contributed by atoms with Gasteiger partial charge in [0.15, 0.2) is 0 Å². The lowest BCUT2D eigenvalue weighted by Gasteiger charge is -2.04. The fourth-order valence-electron chi connectivity index (χ4n) is 2.52. The first-order valence-electron chi connectivity index (χ1n) is 8.56. The Morgan fingerprint density at radius 3 is 2.68 bits per heavy atom. The Balaban J connectivity index is 2.00. The van der Waals surface area contributed by atoms with Crippen molar-refractivity contribution < 1.29 is 10.3 Å². The van der Waals surface area contributed by atoms with Gasteiger partial charge in [0.05, 0.1) is 6.20 Å². The first-order valence-corrected chi connectivity index (χ1v) is 8.56. The number of hydrogen-bond acceptors (Lipinski definition) is 6. The Hall–Kier alpha value is -2.88. The van der Waals surface area contributed by atoms with Crippen LogP contribution in [0.15, 0.2) is 34.6 Å². The summed E-state index contributed by atoms with van der Waals surface area (Å²) in [4.78, 5) is 0.485. The Labute approximate surface area is 147 Å². The minimum Gasteiger partial charge on any atom is -0.506 e. The van der Waals surface area contributed by atoms with Gasteiger partial charge in [0.1, 0.15) is 23.1 Å². The minimum absolute atomic E-state index is 0.00189. The van der Waals surface area contributed by atoms with Gasteiger partial charge in [-0.3, -0.25) is 0 Å². The summed E-state index contributed by atoms with van der Waals surface area (Å²) in [6.07, 6.45) is 9.44. The van der Waals surface area contributed by atoms with Gasteiger partial charge in [-0.1, -0.05) is 49.9 Å². The van der Waals surface area contributed by atoms with Crippen molar-refractivity contribution in [3.63, 3.8) is 0 Å². The number of rotatable bonds is 9. The number of hydrogen-bond donors (Lipinski definition) is 2. The van der Waals surface area contributed by atoms with Crippen LogP contribution >= 0.6 is 0 Å². The second kappa shape index (κ2) is 9.42. The number of nitrogens with zero attached hydrogens (tertiary/aromatic N) is 5. The van der Waals surface area contributed by atoms with Crippen LogP contribution in [0.3, 0.4) is 0 Å². The topological polar surface area (TPSA) is 107 Å². The molecule has 0 atom stereocenters. The number of unbranched alkanes of at least 4 members (excludes halogenated alkanes) is 5. The zero-order valence-electron chi connectivity index (χ0n) is 14.4. The lowest BCUT2D eigenvalue weighted by molar-refractivity contribution is 0.153. The molecule has 0 spiro atoms. The van der Waals surface area contributed by atoms with Gasteiger partial charge in [0.2, 0.25) is 5.82 Å². The van der Waals surface area contributed by atoms with Crippen LogP contribution in [0, 0.1) is 11.3 Å². The van der Waals surface area contributed by atoms with Gasteiger partial charge in [-0.05, 0) is 30.5 Å². The van der Waals surface area contributed by atoms with E-state index in [1.54, 1.807) is 12.1 Å². The lowest BCUT2D eigenvalue weighted by Crippen LogP contribution is -1.90. The molecular weight excluding hydrogens is 318 g/mol. The van der Waals surface area contributed by atoms with E-state index in [0.717, 1.165) is 18.4 Å². The van der Waals surface area contributed by atoms with Crippen LogP contribution < -0.4 is 0 Å². The predicted molar refractivity (Wildman–Crippen MR) is 93.5 cm³/mol. The van der Waals surface area contributed by atoms with E-state index < -0.39 is 0 Å². The maximum Gasteiger partial charge on any atom is 0.230 e. The Morgan fingerprint density at radius 1 is 1.16 bits per heavy atom. The van der Waals surface area contributed by atoms with E-state index in [9.17, 15) is 10.3 Å². The second-order valence-corrected chi connectivity index (χ2v) is 5.92. The van der Waals surface area contributed by atoms with E-state index in [0.29, 0.717) is 10.5 Å². The standard InChI is InChI=1S/C18H23N5O2/c1-2-3-4-5-6-7-8-14-9-10-17(24)16(11-14)21-22-18-15(12-19)13-20-23(18)25/h9-11,13,24-25H,2-8H2,1H3. The van der Waals surface area contributed by atoms with Crippen molar-refractivity contribution in [1.29, 1.82) is 5.26 Å². The number of benzene rings is 1. The number of aromatic nitrogens is 2. The summed E-state index contributed by atoms with van der Waals surface area (Å²) >= 11 is 0. The largest absolute Gasteiger partial charge is 0.506 e. The molecule has 2 N–H and O–H groups in total. The summed E-state index contributed by atoms with van der Waals surface area (Å²) in [7, 11) is 0. The highest BCUT2D eigenvalue weighted by atomic mass is 16.5. The molecule has 0 unspecified atom stereocenters. The normalized spacial score (nSPS) is 11.0. The second-order valence-electron chi connectivity index (χ2n) is 5.92. The first-order chi connectivity index (χ1) is 12.2. The van der Waals surface area contributed by atoms with Crippen LogP contribution in [0.1, 0.15) is 56.6 Å². The van der Waals surface area contributed by atoms with Crippen molar-refractivity contribution in [3.05, 3.63) is 35.5 Å². The number of aryl methyl sites for hydroxylation is 1. The zero-order chi connectivity index (χ0) is 18.1. The summed E-state index contributed by atoms with van der Waals surface area (Å²) in [5.41, 5.74) is 1.47. The van der Waals surface area contributed by atoms with Gasteiger partial charge in [-0.15, -0.1) is 15.3 Å². The molecule has 1 aromatic carbocycles. The molecule has 7 nitrogen and oxygen atoms in total. The van der Waals surface area contributed by atoms with Gasteiger partial charge in [0.25, 0.3) is 0 Å². The van der Waals surface area contributed by atoms with E-state index in [1.165, 1.54) is 38.3 Å². The number of azo groups is 1. The van der Waals surface area contributed by atoms with Gasteiger partial charge in [-0.2, -0.15) is 5.26 Å². The highest BCUT2D eigenvalue weighted by molar-refractivity contribution is 5.53. The molecule has 0 radical (unpaired) electrons. The molecule has 0 aliphatic heterocycles.